The molecule has 2 rings (SSSR count). The van der Waals surface area contributed by atoms with E-state index in [1.807, 2.05) is 4.90 Å². The predicted octanol–water partition coefficient (Wildman–Crippen LogP) is 0.475. The van der Waals surface area contributed by atoms with Crippen molar-refractivity contribution in [2.45, 2.75) is 25.8 Å². The second-order valence-electron chi connectivity index (χ2n) is 4.35. The van der Waals surface area contributed by atoms with E-state index in [0.717, 1.165) is 32.5 Å². The van der Waals surface area contributed by atoms with E-state index < -0.39 is 0 Å². The zero-order chi connectivity index (χ0) is 12.1. The second-order valence-corrected chi connectivity index (χ2v) is 4.35. The van der Waals surface area contributed by atoms with Gasteiger partial charge in [-0.2, -0.15) is 0 Å². The Labute approximate surface area is 102 Å². The monoisotopic (exact) mass is 240 g/mol. The molecule has 5 nitrogen and oxygen atoms in total. The lowest BCUT2D eigenvalue weighted by atomic mass is 10.2. The average molecular weight is 240 g/mol. The summed E-state index contributed by atoms with van der Waals surface area (Å²) in [5.74, 6) is 0.303. The third kappa shape index (κ3) is 2.91. The Kier molecular flexibility index (Phi) is 4.25. The second kappa shape index (κ2) is 5.91. The zero-order valence-electron chi connectivity index (χ0n) is 10.3. The highest BCUT2D eigenvalue weighted by Crippen LogP contribution is 2.15. The van der Waals surface area contributed by atoms with Gasteiger partial charge in [0.15, 0.2) is 0 Å². The summed E-state index contributed by atoms with van der Waals surface area (Å²) < 4.78 is 10.5. The van der Waals surface area contributed by atoms with Crippen molar-refractivity contribution in [2.75, 3.05) is 32.8 Å². The minimum atomic E-state index is -0.0414. The quantitative estimate of drug-likeness (QED) is 0.776. The number of carbonyl (C=O) groups excluding carboxylic acids is 1. The molecule has 17 heavy (non-hydrogen) atoms. The minimum Gasteiger partial charge on any atom is -0.494 e. The standard InChI is InChI=1S/C12H20N2O3/c1-2-5-14(10-3-4-13-8-10)12(15)11-9-16-6-7-17-11/h9-10,13H,2-8H2,1H3. The number of ether oxygens (including phenoxy) is 2. The smallest absolute Gasteiger partial charge is 0.292 e. The molecule has 0 aromatic rings. The number of amides is 1. The molecule has 0 bridgehead atoms. The van der Waals surface area contributed by atoms with E-state index >= 15 is 0 Å². The van der Waals surface area contributed by atoms with Gasteiger partial charge < -0.3 is 19.7 Å². The van der Waals surface area contributed by atoms with Crippen LogP contribution in [-0.2, 0) is 14.3 Å². The number of hydrogen-bond donors (Lipinski definition) is 1. The van der Waals surface area contributed by atoms with Crippen molar-refractivity contribution in [3.63, 3.8) is 0 Å². The van der Waals surface area contributed by atoms with Gasteiger partial charge >= 0.3 is 0 Å². The van der Waals surface area contributed by atoms with Gasteiger partial charge in [0.2, 0.25) is 5.76 Å². The van der Waals surface area contributed by atoms with E-state index in [4.69, 9.17) is 9.47 Å². The maximum absolute atomic E-state index is 12.3. The molecule has 0 aromatic heterocycles. The summed E-state index contributed by atoms with van der Waals surface area (Å²) >= 11 is 0. The fourth-order valence-electron chi connectivity index (χ4n) is 2.22. The van der Waals surface area contributed by atoms with Crippen LogP contribution in [0.2, 0.25) is 0 Å². The summed E-state index contributed by atoms with van der Waals surface area (Å²) in [5, 5.41) is 3.28. The summed E-state index contributed by atoms with van der Waals surface area (Å²) in [4.78, 5) is 14.2. The molecule has 0 spiro atoms. The molecule has 96 valence electrons. The summed E-state index contributed by atoms with van der Waals surface area (Å²) in [6, 6.07) is 0.286. The minimum absolute atomic E-state index is 0.0414. The molecule has 0 radical (unpaired) electrons. The van der Waals surface area contributed by atoms with Gasteiger partial charge in [-0.05, 0) is 19.4 Å². The molecule has 1 fully saturated rings. The fraction of sp³-hybridized carbons (Fsp3) is 0.750. The van der Waals surface area contributed by atoms with Gasteiger partial charge in [0.05, 0.1) is 0 Å². The Bertz CT molecular complexity index is 298. The normalized spacial score (nSPS) is 23.6. The maximum atomic E-state index is 12.3. The van der Waals surface area contributed by atoms with E-state index in [1.54, 1.807) is 0 Å². The number of nitrogens with one attached hydrogen (secondary N) is 1. The number of nitrogens with zero attached hydrogens (tertiary/aromatic N) is 1. The first-order chi connectivity index (χ1) is 8.33. The van der Waals surface area contributed by atoms with Crippen molar-refractivity contribution in [2.24, 2.45) is 0 Å². The molecule has 1 atom stereocenters. The molecule has 2 aliphatic heterocycles. The Morgan fingerprint density at radius 3 is 3.06 bits per heavy atom. The van der Waals surface area contributed by atoms with Crippen LogP contribution in [0, 0.1) is 0 Å². The molecule has 2 heterocycles. The molecule has 1 amide bonds. The highest BCUT2D eigenvalue weighted by atomic mass is 16.6. The summed E-state index contributed by atoms with van der Waals surface area (Å²) in [5.41, 5.74) is 0. The van der Waals surface area contributed by atoms with Crippen molar-refractivity contribution in [1.82, 2.24) is 10.2 Å². The summed E-state index contributed by atoms with van der Waals surface area (Å²) in [7, 11) is 0. The molecule has 0 aliphatic carbocycles. The van der Waals surface area contributed by atoms with Crippen LogP contribution in [0.15, 0.2) is 12.0 Å². The maximum Gasteiger partial charge on any atom is 0.292 e. The molecule has 1 N–H and O–H groups in total. The van der Waals surface area contributed by atoms with Crippen molar-refractivity contribution in [1.29, 1.82) is 0 Å². The first-order valence-electron chi connectivity index (χ1n) is 6.29. The number of carbonyl (C=O) groups is 1. The molecule has 2 aliphatic rings. The summed E-state index contributed by atoms with van der Waals surface area (Å²) in [6.07, 6.45) is 3.41. The SMILES string of the molecule is CCCN(C(=O)C1=COCCO1)C1CCNC1. The largest absolute Gasteiger partial charge is 0.494 e. The van der Waals surface area contributed by atoms with Gasteiger partial charge in [-0.1, -0.05) is 6.92 Å². The van der Waals surface area contributed by atoms with Crippen molar-refractivity contribution in [3.8, 4) is 0 Å². The zero-order valence-corrected chi connectivity index (χ0v) is 10.3. The molecular formula is C12H20N2O3. The van der Waals surface area contributed by atoms with Gasteiger partial charge in [-0.25, -0.2) is 0 Å². The van der Waals surface area contributed by atoms with Crippen molar-refractivity contribution < 1.29 is 14.3 Å². The van der Waals surface area contributed by atoms with E-state index in [2.05, 4.69) is 12.2 Å². The third-order valence-corrected chi connectivity index (χ3v) is 3.06. The Balaban J connectivity index is 2.03. The van der Waals surface area contributed by atoms with E-state index in [0.29, 0.717) is 19.0 Å². The molecule has 1 saturated heterocycles. The van der Waals surface area contributed by atoms with Crippen LogP contribution in [0.3, 0.4) is 0 Å². The van der Waals surface area contributed by atoms with Crippen LogP contribution in [0.1, 0.15) is 19.8 Å². The highest BCUT2D eigenvalue weighted by molar-refractivity contribution is 5.91. The molecule has 5 heteroatoms. The fourth-order valence-corrected chi connectivity index (χ4v) is 2.22. The third-order valence-electron chi connectivity index (χ3n) is 3.06. The molecule has 0 aromatic carbocycles. The molecular weight excluding hydrogens is 220 g/mol. The van der Waals surface area contributed by atoms with E-state index in [1.165, 1.54) is 6.26 Å². The van der Waals surface area contributed by atoms with Crippen LogP contribution in [-0.4, -0.2) is 49.7 Å². The van der Waals surface area contributed by atoms with Crippen molar-refractivity contribution in [3.05, 3.63) is 12.0 Å². The van der Waals surface area contributed by atoms with Gasteiger partial charge in [-0.15, -0.1) is 0 Å². The first-order valence-corrected chi connectivity index (χ1v) is 6.29. The first kappa shape index (κ1) is 12.2. The van der Waals surface area contributed by atoms with E-state index in [-0.39, 0.29) is 11.9 Å². The van der Waals surface area contributed by atoms with Crippen molar-refractivity contribution >= 4 is 5.91 Å². The van der Waals surface area contributed by atoms with Gasteiger partial charge in [0.1, 0.15) is 19.5 Å². The van der Waals surface area contributed by atoms with E-state index in [9.17, 15) is 4.79 Å². The lowest BCUT2D eigenvalue weighted by molar-refractivity contribution is -0.134. The lowest BCUT2D eigenvalue weighted by Crippen LogP contribution is -2.43. The average Bonchev–Trinajstić information content (AvgIpc) is 2.90. The van der Waals surface area contributed by atoms with Crippen LogP contribution >= 0.6 is 0 Å². The predicted molar refractivity (Wildman–Crippen MR) is 63.3 cm³/mol. The van der Waals surface area contributed by atoms with Gasteiger partial charge in [0.25, 0.3) is 5.91 Å². The van der Waals surface area contributed by atoms with Gasteiger partial charge in [-0.3, -0.25) is 4.79 Å². The van der Waals surface area contributed by atoms with Crippen LogP contribution < -0.4 is 5.32 Å². The van der Waals surface area contributed by atoms with Crippen LogP contribution in [0.5, 0.6) is 0 Å². The molecule has 0 saturated carbocycles. The Hall–Kier alpha value is -1.23. The summed E-state index contributed by atoms with van der Waals surface area (Å²) in [6.45, 7) is 5.69. The van der Waals surface area contributed by atoms with Crippen LogP contribution in [0.25, 0.3) is 0 Å². The topological polar surface area (TPSA) is 50.8 Å². The Morgan fingerprint density at radius 2 is 2.47 bits per heavy atom. The lowest BCUT2D eigenvalue weighted by Gasteiger charge is -2.29. The number of rotatable bonds is 4. The number of hydrogen-bond acceptors (Lipinski definition) is 4. The molecule has 1 unspecified atom stereocenters. The van der Waals surface area contributed by atoms with Gasteiger partial charge in [0, 0.05) is 19.1 Å². The highest BCUT2D eigenvalue weighted by Gasteiger charge is 2.29. The van der Waals surface area contributed by atoms with Crippen LogP contribution in [0.4, 0.5) is 0 Å². The Morgan fingerprint density at radius 1 is 1.59 bits per heavy atom.